The van der Waals surface area contributed by atoms with E-state index in [1.807, 2.05) is 30.3 Å². The van der Waals surface area contributed by atoms with Crippen LogP contribution in [0.15, 0.2) is 78.9 Å². The molecule has 3 aromatic carbocycles. The van der Waals surface area contributed by atoms with E-state index in [0.717, 1.165) is 5.56 Å². The van der Waals surface area contributed by atoms with Crippen molar-refractivity contribution in [1.29, 1.82) is 0 Å². The van der Waals surface area contributed by atoms with Crippen LogP contribution in [0, 0.1) is 5.82 Å². The van der Waals surface area contributed by atoms with E-state index in [9.17, 15) is 14.0 Å². The fraction of sp³-hybridized carbons (Fsp3) is 0.115. The monoisotopic (exact) mass is 444 g/mol. The molecule has 4 rings (SSSR count). The highest BCUT2D eigenvalue weighted by atomic mass is 19.1. The maximum absolute atomic E-state index is 13.4. The molecule has 0 radical (unpaired) electrons. The van der Waals surface area contributed by atoms with E-state index >= 15 is 0 Å². The second-order valence-corrected chi connectivity index (χ2v) is 7.17. The highest BCUT2D eigenvalue weighted by Gasteiger charge is 2.14. The van der Waals surface area contributed by atoms with Crippen molar-refractivity contribution >= 4 is 28.5 Å². The van der Waals surface area contributed by atoms with Gasteiger partial charge in [-0.15, -0.1) is 0 Å². The van der Waals surface area contributed by atoms with Crippen LogP contribution < -0.4 is 10.1 Å². The van der Waals surface area contributed by atoms with Crippen LogP contribution in [0.4, 0.5) is 10.1 Å². The van der Waals surface area contributed by atoms with Gasteiger partial charge in [0.05, 0.1) is 23.4 Å². The van der Waals surface area contributed by atoms with Gasteiger partial charge < -0.3 is 14.8 Å². The first-order chi connectivity index (χ1) is 16.0. The third-order valence-electron chi connectivity index (χ3n) is 4.82. The van der Waals surface area contributed by atoms with Crippen molar-refractivity contribution in [3.63, 3.8) is 0 Å². The van der Waals surface area contributed by atoms with E-state index in [4.69, 9.17) is 9.47 Å². The number of ether oxygens (including phenoxy) is 2. The minimum Gasteiger partial charge on any atom is -0.483 e. The zero-order chi connectivity index (χ0) is 23.2. The molecule has 1 aromatic heterocycles. The smallest absolute Gasteiger partial charge is 0.338 e. The van der Waals surface area contributed by atoms with Crippen LogP contribution in [0.25, 0.3) is 22.2 Å². The summed E-state index contributed by atoms with van der Waals surface area (Å²) in [5.74, 6) is -0.970. The summed E-state index contributed by atoms with van der Waals surface area (Å²) in [5.41, 5.74) is 2.82. The van der Waals surface area contributed by atoms with E-state index in [1.54, 1.807) is 37.3 Å². The Morgan fingerprint density at radius 3 is 2.55 bits per heavy atom. The van der Waals surface area contributed by atoms with Gasteiger partial charge in [-0.2, -0.15) is 0 Å². The molecule has 1 heterocycles. The van der Waals surface area contributed by atoms with E-state index in [0.29, 0.717) is 33.6 Å². The van der Waals surface area contributed by atoms with E-state index in [-0.39, 0.29) is 13.2 Å². The molecule has 33 heavy (non-hydrogen) atoms. The van der Waals surface area contributed by atoms with Gasteiger partial charge >= 0.3 is 5.97 Å². The molecule has 0 unspecified atom stereocenters. The molecule has 7 heteroatoms. The molecule has 166 valence electrons. The van der Waals surface area contributed by atoms with Gasteiger partial charge in [-0.1, -0.05) is 36.4 Å². The second-order valence-electron chi connectivity index (χ2n) is 7.17. The van der Waals surface area contributed by atoms with Gasteiger partial charge in [-0.05, 0) is 43.3 Å². The van der Waals surface area contributed by atoms with E-state index in [1.165, 1.54) is 18.2 Å². The molecule has 0 aliphatic rings. The maximum Gasteiger partial charge on any atom is 0.338 e. The fourth-order valence-electron chi connectivity index (χ4n) is 3.32. The standard InChI is InChI=1S/C26H21FN2O4/c1-2-32-26(31)18-11-12-22-21(13-18)24(15-23(29-22)17-7-4-3-5-8-17)33-16-25(30)28-20-10-6-9-19(27)14-20/h3-15H,2,16H2,1H3,(H,28,30). The molecular formula is C26H21FN2O4. The summed E-state index contributed by atoms with van der Waals surface area (Å²) in [7, 11) is 0. The van der Waals surface area contributed by atoms with Gasteiger partial charge in [0.25, 0.3) is 5.91 Å². The Hall–Kier alpha value is -4.26. The number of rotatable bonds is 7. The Kier molecular flexibility index (Phi) is 6.59. The lowest BCUT2D eigenvalue weighted by Crippen LogP contribution is -2.20. The molecule has 4 aromatic rings. The first kappa shape index (κ1) is 22.0. The molecule has 6 nitrogen and oxygen atoms in total. The number of benzene rings is 3. The molecule has 1 amide bonds. The van der Waals surface area contributed by atoms with Crippen LogP contribution >= 0.6 is 0 Å². The number of aromatic nitrogens is 1. The van der Waals surface area contributed by atoms with Crippen LogP contribution in [0.5, 0.6) is 5.75 Å². The number of carbonyl (C=O) groups excluding carboxylic acids is 2. The minimum atomic E-state index is -0.457. The number of nitrogens with zero attached hydrogens (tertiary/aromatic N) is 1. The Labute approximate surface area is 190 Å². The molecule has 0 aliphatic heterocycles. The van der Waals surface area contributed by atoms with Crippen LogP contribution in [0.2, 0.25) is 0 Å². The van der Waals surface area contributed by atoms with Crippen molar-refractivity contribution in [3.05, 3.63) is 90.2 Å². The Morgan fingerprint density at radius 2 is 1.79 bits per heavy atom. The number of pyridine rings is 1. The van der Waals surface area contributed by atoms with Gasteiger partial charge in [0.15, 0.2) is 6.61 Å². The fourth-order valence-corrected chi connectivity index (χ4v) is 3.32. The van der Waals surface area contributed by atoms with Crippen molar-refractivity contribution in [3.8, 4) is 17.0 Å². The van der Waals surface area contributed by atoms with Crippen LogP contribution in [-0.2, 0) is 9.53 Å². The number of anilines is 1. The van der Waals surface area contributed by atoms with Crippen molar-refractivity contribution in [2.45, 2.75) is 6.92 Å². The predicted molar refractivity (Wildman–Crippen MR) is 124 cm³/mol. The molecule has 0 bridgehead atoms. The highest BCUT2D eigenvalue weighted by Crippen LogP contribution is 2.31. The molecule has 1 N–H and O–H groups in total. The number of halogens is 1. The third kappa shape index (κ3) is 5.33. The van der Waals surface area contributed by atoms with Gasteiger partial charge in [0.1, 0.15) is 11.6 Å². The normalized spacial score (nSPS) is 10.6. The summed E-state index contributed by atoms with van der Waals surface area (Å²) in [5, 5.41) is 3.17. The minimum absolute atomic E-state index is 0.256. The predicted octanol–water partition coefficient (Wildman–Crippen LogP) is 5.24. The summed E-state index contributed by atoms with van der Waals surface area (Å²) in [6.07, 6.45) is 0. The van der Waals surface area contributed by atoms with Crippen molar-refractivity contribution in [2.24, 2.45) is 0 Å². The SMILES string of the molecule is CCOC(=O)c1ccc2nc(-c3ccccc3)cc(OCC(=O)Nc3cccc(F)c3)c2c1. The van der Waals surface area contributed by atoms with E-state index in [2.05, 4.69) is 10.3 Å². The highest BCUT2D eigenvalue weighted by molar-refractivity contribution is 5.97. The number of hydrogen-bond acceptors (Lipinski definition) is 5. The lowest BCUT2D eigenvalue weighted by atomic mass is 10.1. The van der Waals surface area contributed by atoms with Crippen LogP contribution in [-0.4, -0.2) is 30.1 Å². The lowest BCUT2D eigenvalue weighted by Gasteiger charge is -2.13. The Morgan fingerprint density at radius 1 is 0.970 bits per heavy atom. The van der Waals surface area contributed by atoms with Crippen molar-refractivity contribution < 1.29 is 23.5 Å². The molecule has 0 spiro atoms. The third-order valence-corrected chi connectivity index (χ3v) is 4.82. The summed E-state index contributed by atoms with van der Waals surface area (Å²) < 4.78 is 24.3. The van der Waals surface area contributed by atoms with Gasteiger partial charge in [0.2, 0.25) is 0 Å². The zero-order valence-electron chi connectivity index (χ0n) is 17.9. The van der Waals surface area contributed by atoms with Crippen LogP contribution in [0.3, 0.4) is 0 Å². The quantitative estimate of drug-likeness (QED) is 0.395. The average Bonchev–Trinajstić information content (AvgIpc) is 2.83. The van der Waals surface area contributed by atoms with Crippen molar-refractivity contribution in [1.82, 2.24) is 4.98 Å². The summed E-state index contributed by atoms with van der Waals surface area (Å²) in [6, 6.07) is 21.9. The number of hydrogen-bond donors (Lipinski definition) is 1. The largest absolute Gasteiger partial charge is 0.483 e. The van der Waals surface area contributed by atoms with Crippen LogP contribution in [0.1, 0.15) is 17.3 Å². The van der Waals surface area contributed by atoms with Gasteiger partial charge in [-0.25, -0.2) is 14.2 Å². The number of carbonyl (C=O) groups is 2. The average molecular weight is 444 g/mol. The number of esters is 1. The summed E-state index contributed by atoms with van der Waals surface area (Å²) in [6.45, 7) is 1.68. The first-order valence-electron chi connectivity index (χ1n) is 10.4. The number of fused-ring (bicyclic) bond motifs is 1. The van der Waals surface area contributed by atoms with Gasteiger partial charge in [-0.3, -0.25) is 4.79 Å². The zero-order valence-corrected chi connectivity index (χ0v) is 17.9. The molecular weight excluding hydrogens is 423 g/mol. The molecule has 0 saturated heterocycles. The van der Waals surface area contributed by atoms with Gasteiger partial charge in [0, 0.05) is 22.7 Å². The number of amides is 1. The summed E-state index contributed by atoms with van der Waals surface area (Å²) >= 11 is 0. The van der Waals surface area contributed by atoms with Crippen molar-refractivity contribution in [2.75, 3.05) is 18.5 Å². The molecule has 0 fully saturated rings. The Balaban J connectivity index is 1.66. The molecule has 0 aliphatic carbocycles. The topological polar surface area (TPSA) is 77.5 Å². The lowest BCUT2D eigenvalue weighted by molar-refractivity contribution is -0.118. The maximum atomic E-state index is 13.4. The molecule has 0 saturated carbocycles. The van der Waals surface area contributed by atoms with E-state index < -0.39 is 17.7 Å². The Bertz CT molecular complexity index is 1310. The molecule has 0 atom stereocenters. The first-order valence-corrected chi connectivity index (χ1v) is 10.4. The number of nitrogens with one attached hydrogen (secondary N) is 1. The second kappa shape index (κ2) is 9.91. The summed E-state index contributed by atoms with van der Waals surface area (Å²) in [4.78, 5) is 29.3.